The SMILES string of the molecule is COCC(C)CNS(=O)(=O)c1cc(C)c(F)c(CN)c1. The average molecular weight is 304 g/mol. The quantitative estimate of drug-likeness (QED) is 0.792. The second kappa shape index (κ2) is 7.12. The van der Waals surface area contributed by atoms with Gasteiger partial charge in [0.25, 0.3) is 0 Å². The van der Waals surface area contributed by atoms with Gasteiger partial charge in [-0.3, -0.25) is 0 Å². The third kappa shape index (κ3) is 4.24. The van der Waals surface area contributed by atoms with E-state index in [-0.39, 0.29) is 35.0 Å². The fourth-order valence-corrected chi connectivity index (χ4v) is 3.09. The van der Waals surface area contributed by atoms with Gasteiger partial charge in [-0.2, -0.15) is 0 Å². The maximum absolute atomic E-state index is 13.7. The third-order valence-corrected chi connectivity index (χ3v) is 4.31. The predicted octanol–water partition coefficient (Wildman–Crippen LogP) is 1.15. The Morgan fingerprint density at radius 3 is 2.65 bits per heavy atom. The van der Waals surface area contributed by atoms with Crippen LogP contribution in [0.15, 0.2) is 17.0 Å². The van der Waals surface area contributed by atoms with E-state index in [2.05, 4.69) is 4.72 Å². The van der Waals surface area contributed by atoms with Gasteiger partial charge in [0.05, 0.1) is 4.90 Å². The van der Waals surface area contributed by atoms with E-state index in [1.807, 2.05) is 6.92 Å². The third-order valence-electron chi connectivity index (χ3n) is 2.91. The Morgan fingerprint density at radius 1 is 1.45 bits per heavy atom. The molecule has 7 heteroatoms. The van der Waals surface area contributed by atoms with E-state index in [0.29, 0.717) is 6.61 Å². The van der Waals surface area contributed by atoms with Crippen molar-refractivity contribution in [3.63, 3.8) is 0 Å². The maximum Gasteiger partial charge on any atom is 0.240 e. The molecule has 0 saturated carbocycles. The summed E-state index contributed by atoms with van der Waals surface area (Å²) in [5, 5.41) is 0. The van der Waals surface area contributed by atoms with Crippen molar-refractivity contribution in [2.45, 2.75) is 25.3 Å². The summed E-state index contributed by atoms with van der Waals surface area (Å²) in [5.41, 5.74) is 5.87. The Kier molecular flexibility index (Phi) is 6.07. The predicted molar refractivity (Wildman–Crippen MR) is 75.3 cm³/mol. The van der Waals surface area contributed by atoms with E-state index in [1.54, 1.807) is 7.11 Å². The van der Waals surface area contributed by atoms with Crippen molar-refractivity contribution in [3.05, 3.63) is 29.1 Å². The molecule has 0 saturated heterocycles. The van der Waals surface area contributed by atoms with Gasteiger partial charge >= 0.3 is 0 Å². The highest BCUT2D eigenvalue weighted by atomic mass is 32.2. The van der Waals surface area contributed by atoms with Gasteiger partial charge in [0.2, 0.25) is 10.0 Å². The average Bonchev–Trinajstić information content (AvgIpc) is 2.39. The topological polar surface area (TPSA) is 81.4 Å². The monoisotopic (exact) mass is 304 g/mol. The lowest BCUT2D eigenvalue weighted by Crippen LogP contribution is -2.30. The first-order valence-corrected chi connectivity index (χ1v) is 7.77. The number of aryl methyl sites for hydroxylation is 1. The summed E-state index contributed by atoms with van der Waals surface area (Å²) in [6, 6.07) is 2.57. The summed E-state index contributed by atoms with van der Waals surface area (Å²) in [7, 11) is -2.12. The molecule has 1 unspecified atom stereocenters. The number of nitrogens with two attached hydrogens (primary N) is 1. The van der Waals surface area contributed by atoms with Gasteiger partial charge < -0.3 is 10.5 Å². The highest BCUT2D eigenvalue weighted by molar-refractivity contribution is 7.89. The van der Waals surface area contributed by atoms with Crippen molar-refractivity contribution in [1.82, 2.24) is 4.72 Å². The number of benzene rings is 1. The first-order valence-electron chi connectivity index (χ1n) is 6.29. The van der Waals surface area contributed by atoms with Crippen molar-refractivity contribution in [3.8, 4) is 0 Å². The van der Waals surface area contributed by atoms with Crippen LogP contribution >= 0.6 is 0 Å². The first kappa shape index (κ1) is 17.0. The molecular formula is C13H21FN2O3S. The van der Waals surface area contributed by atoms with E-state index >= 15 is 0 Å². The van der Waals surface area contributed by atoms with Crippen LogP contribution in [0, 0.1) is 18.7 Å². The van der Waals surface area contributed by atoms with Crippen LogP contribution in [0.25, 0.3) is 0 Å². The summed E-state index contributed by atoms with van der Waals surface area (Å²) >= 11 is 0. The number of nitrogens with one attached hydrogen (secondary N) is 1. The highest BCUT2D eigenvalue weighted by Crippen LogP contribution is 2.19. The van der Waals surface area contributed by atoms with Crippen molar-refractivity contribution in [2.75, 3.05) is 20.3 Å². The zero-order chi connectivity index (χ0) is 15.3. The molecule has 1 atom stereocenters. The number of methoxy groups -OCH3 is 1. The molecule has 5 nitrogen and oxygen atoms in total. The summed E-state index contributed by atoms with van der Waals surface area (Å²) in [5.74, 6) is -0.412. The lowest BCUT2D eigenvalue weighted by Gasteiger charge is -2.13. The summed E-state index contributed by atoms with van der Waals surface area (Å²) in [6.45, 7) is 4.05. The van der Waals surface area contributed by atoms with Crippen molar-refractivity contribution >= 4 is 10.0 Å². The number of halogens is 1. The van der Waals surface area contributed by atoms with E-state index < -0.39 is 15.8 Å². The zero-order valence-corrected chi connectivity index (χ0v) is 12.8. The lowest BCUT2D eigenvalue weighted by molar-refractivity contribution is 0.161. The van der Waals surface area contributed by atoms with Crippen molar-refractivity contribution < 1.29 is 17.5 Å². The molecule has 0 spiro atoms. The Balaban J connectivity index is 2.95. The van der Waals surface area contributed by atoms with Gasteiger partial charge in [0.15, 0.2) is 0 Å². The molecule has 0 heterocycles. The van der Waals surface area contributed by atoms with Crippen LogP contribution in [0.3, 0.4) is 0 Å². The molecule has 0 bridgehead atoms. The zero-order valence-electron chi connectivity index (χ0n) is 11.9. The molecule has 3 N–H and O–H groups in total. The van der Waals surface area contributed by atoms with E-state index in [0.717, 1.165) is 0 Å². The highest BCUT2D eigenvalue weighted by Gasteiger charge is 2.18. The van der Waals surface area contributed by atoms with Crippen molar-refractivity contribution in [2.24, 2.45) is 11.7 Å². The van der Waals surface area contributed by atoms with Gasteiger partial charge in [0.1, 0.15) is 5.82 Å². The Hall–Kier alpha value is -1.02. The molecule has 0 aliphatic rings. The van der Waals surface area contributed by atoms with Crippen LogP contribution in [0.1, 0.15) is 18.1 Å². The minimum absolute atomic E-state index is 0.0291. The van der Waals surface area contributed by atoms with Crippen LogP contribution in [0.4, 0.5) is 4.39 Å². The smallest absolute Gasteiger partial charge is 0.240 e. The van der Waals surface area contributed by atoms with Gasteiger partial charge in [-0.05, 0) is 30.5 Å². The molecule has 20 heavy (non-hydrogen) atoms. The first-order chi connectivity index (χ1) is 9.31. The molecule has 0 aliphatic heterocycles. The largest absolute Gasteiger partial charge is 0.384 e. The molecule has 0 fully saturated rings. The molecule has 0 amide bonds. The standard InChI is InChI=1S/C13H21FN2O3S/c1-9(8-19-3)7-16-20(17,18)12-4-10(2)13(14)11(5-12)6-15/h4-5,9,16H,6-8,15H2,1-3H3. The molecule has 1 rings (SSSR count). The van der Waals surface area contributed by atoms with Crippen LogP contribution < -0.4 is 10.5 Å². The minimum atomic E-state index is -3.67. The van der Waals surface area contributed by atoms with Crippen LogP contribution in [-0.4, -0.2) is 28.7 Å². The number of rotatable bonds is 7. The molecular weight excluding hydrogens is 283 g/mol. The summed E-state index contributed by atoms with van der Waals surface area (Å²) in [4.78, 5) is 0.0291. The molecule has 0 aromatic heterocycles. The van der Waals surface area contributed by atoms with Crippen molar-refractivity contribution in [1.29, 1.82) is 0 Å². The molecule has 114 valence electrons. The Labute approximate surface area is 119 Å². The van der Waals surface area contributed by atoms with Crippen LogP contribution in [0.5, 0.6) is 0 Å². The summed E-state index contributed by atoms with van der Waals surface area (Å²) < 4.78 is 45.4. The second-order valence-electron chi connectivity index (χ2n) is 4.83. The molecule has 0 radical (unpaired) electrons. The van der Waals surface area contributed by atoms with Crippen LogP contribution in [0.2, 0.25) is 0 Å². The van der Waals surface area contributed by atoms with Gasteiger partial charge in [-0.1, -0.05) is 6.92 Å². The van der Waals surface area contributed by atoms with Gasteiger partial charge in [-0.15, -0.1) is 0 Å². The molecule has 1 aromatic rings. The van der Waals surface area contributed by atoms with E-state index in [4.69, 9.17) is 10.5 Å². The fourth-order valence-electron chi connectivity index (χ4n) is 1.79. The van der Waals surface area contributed by atoms with E-state index in [9.17, 15) is 12.8 Å². The van der Waals surface area contributed by atoms with Crippen LogP contribution in [-0.2, 0) is 21.3 Å². The molecule has 1 aromatic carbocycles. The Morgan fingerprint density at radius 2 is 2.10 bits per heavy atom. The lowest BCUT2D eigenvalue weighted by atomic mass is 10.1. The number of ether oxygens (including phenoxy) is 1. The molecule has 0 aliphatic carbocycles. The fraction of sp³-hybridized carbons (Fsp3) is 0.538. The summed E-state index contributed by atoms with van der Waals surface area (Å²) in [6.07, 6.45) is 0. The minimum Gasteiger partial charge on any atom is -0.384 e. The number of hydrogen-bond donors (Lipinski definition) is 2. The van der Waals surface area contributed by atoms with Gasteiger partial charge in [-0.25, -0.2) is 17.5 Å². The van der Waals surface area contributed by atoms with Gasteiger partial charge in [0, 0.05) is 32.4 Å². The number of sulfonamides is 1. The van der Waals surface area contributed by atoms with E-state index in [1.165, 1.54) is 19.1 Å². The maximum atomic E-state index is 13.7. The number of hydrogen-bond acceptors (Lipinski definition) is 4. The second-order valence-corrected chi connectivity index (χ2v) is 6.60. The normalized spacial score (nSPS) is 13.4. The Bertz CT molecular complexity index is 561.